The summed E-state index contributed by atoms with van der Waals surface area (Å²) in [5.41, 5.74) is 0. The van der Waals surface area contributed by atoms with E-state index < -0.39 is 0 Å². The van der Waals surface area contributed by atoms with E-state index in [1.807, 2.05) is 13.1 Å². The second-order valence-electron chi connectivity index (χ2n) is 5.42. The molecule has 0 amide bonds. The van der Waals surface area contributed by atoms with E-state index in [0.29, 0.717) is 5.95 Å². The number of piperazine rings is 1. The van der Waals surface area contributed by atoms with Crippen molar-refractivity contribution in [3.05, 3.63) is 16.9 Å². The Morgan fingerprint density at radius 3 is 2.59 bits per heavy atom. The fraction of sp³-hybridized carbons (Fsp3) is 0.571. The lowest BCUT2D eigenvalue weighted by Gasteiger charge is -2.32. The third-order valence-electron chi connectivity index (χ3n) is 3.61. The number of thiazole rings is 1. The predicted molar refractivity (Wildman–Crippen MR) is 89.0 cm³/mol. The van der Waals surface area contributed by atoms with Crippen molar-refractivity contribution in [1.82, 2.24) is 24.8 Å². The average molecular weight is 319 g/mol. The van der Waals surface area contributed by atoms with E-state index in [1.165, 1.54) is 0 Å². The van der Waals surface area contributed by atoms with E-state index in [-0.39, 0.29) is 0 Å². The molecule has 7 nitrogen and oxygen atoms in total. The largest absolute Gasteiger partial charge is 0.338 e. The quantitative estimate of drug-likeness (QED) is 0.919. The second-order valence-corrected chi connectivity index (χ2v) is 6.65. The molecule has 1 N–H and O–H groups in total. The van der Waals surface area contributed by atoms with Gasteiger partial charge < -0.3 is 9.80 Å². The van der Waals surface area contributed by atoms with Gasteiger partial charge in [0.1, 0.15) is 5.82 Å². The van der Waals surface area contributed by atoms with Crippen LogP contribution in [0.3, 0.4) is 0 Å². The monoisotopic (exact) mass is 319 g/mol. The van der Waals surface area contributed by atoms with E-state index in [1.54, 1.807) is 11.3 Å². The molecule has 0 radical (unpaired) electrons. The van der Waals surface area contributed by atoms with Crippen molar-refractivity contribution >= 4 is 28.4 Å². The molecule has 2 aromatic heterocycles. The van der Waals surface area contributed by atoms with Gasteiger partial charge in [-0.15, -0.1) is 11.3 Å². The summed E-state index contributed by atoms with van der Waals surface area (Å²) in [6, 6.07) is 0. The molecular formula is C14H21N7S. The van der Waals surface area contributed by atoms with Crippen molar-refractivity contribution in [2.24, 2.45) is 0 Å². The minimum absolute atomic E-state index is 0.579. The molecular weight excluding hydrogens is 298 g/mol. The maximum atomic E-state index is 4.58. The Kier molecular flexibility index (Phi) is 4.49. The van der Waals surface area contributed by atoms with Crippen LogP contribution in [-0.2, 0) is 6.42 Å². The number of hydrogen-bond donors (Lipinski definition) is 1. The van der Waals surface area contributed by atoms with Crippen LogP contribution < -0.4 is 10.2 Å². The Balaban J connectivity index is 1.82. The van der Waals surface area contributed by atoms with Gasteiger partial charge in [-0.05, 0) is 14.0 Å². The van der Waals surface area contributed by atoms with Crippen molar-refractivity contribution in [2.45, 2.75) is 20.3 Å². The highest BCUT2D eigenvalue weighted by Gasteiger charge is 2.18. The van der Waals surface area contributed by atoms with Crippen LogP contribution in [-0.4, -0.2) is 58.1 Å². The zero-order valence-corrected chi connectivity index (χ0v) is 14.0. The zero-order chi connectivity index (χ0) is 15.5. The lowest BCUT2D eigenvalue weighted by atomic mass is 10.3. The van der Waals surface area contributed by atoms with Gasteiger partial charge >= 0.3 is 0 Å². The first-order chi connectivity index (χ1) is 10.6. The molecule has 1 aliphatic rings. The van der Waals surface area contributed by atoms with Crippen molar-refractivity contribution in [3.63, 3.8) is 0 Å². The summed E-state index contributed by atoms with van der Waals surface area (Å²) in [5.74, 6) is 2.14. The standard InChI is InChI=1S/C14H21N7S/c1-4-11-16-12(19-14-15-9-10(2)22-14)18-13(17-11)21-7-5-20(3)6-8-21/h9H,4-8H2,1-3H3,(H,15,16,17,18,19). The molecule has 0 atom stereocenters. The normalized spacial score (nSPS) is 16.0. The van der Waals surface area contributed by atoms with Crippen molar-refractivity contribution in [2.75, 3.05) is 43.4 Å². The number of nitrogens with one attached hydrogen (secondary N) is 1. The van der Waals surface area contributed by atoms with Crippen LogP contribution in [0.2, 0.25) is 0 Å². The molecule has 3 rings (SSSR count). The van der Waals surface area contributed by atoms with Crippen LogP contribution in [0.5, 0.6) is 0 Å². The number of aryl methyl sites for hydroxylation is 2. The molecule has 1 saturated heterocycles. The van der Waals surface area contributed by atoms with E-state index in [2.05, 4.69) is 49.0 Å². The van der Waals surface area contributed by atoms with Crippen LogP contribution in [0.4, 0.5) is 17.0 Å². The first kappa shape index (κ1) is 15.1. The minimum atomic E-state index is 0.579. The highest BCUT2D eigenvalue weighted by Crippen LogP contribution is 2.21. The molecule has 0 spiro atoms. The number of nitrogens with zero attached hydrogens (tertiary/aromatic N) is 6. The number of rotatable bonds is 4. The summed E-state index contributed by atoms with van der Waals surface area (Å²) < 4.78 is 0. The van der Waals surface area contributed by atoms with E-state index in [9.17, 15) is 0 Å². The Labute approximate surface area is 134 Å². The van der Waals surface area contributed by atoms with Crippen molar-refractivity contribution in [3.8, 4) is 0 Å². The number of aromatic nitrogens is 4. The van der Waals surface area contributed by atoms with Gasteiger partial charge in [0.2, 0.25) is 11.9 Å². The average Bonchev–Trinajstić information content (AvgIpc) is 2.92. The van der Waals surface area contributed by atoms with Crippen molar-refractivity contribution in [1.29, 1.82) is 0 Å². The Morgan fingerprint density at radius 1 is 1.18 bits per heavy atom. The second kappa shape index (κ2) is 6.53. The van der Waals surface area contributed by atoms with Gasteiger partial charge in [-0.1, -0.05) is 6.92 Å². The van der Waals surface area contributed by atoms with Gasteiger partial charge in [0.15, 0.2) is 5.13 Å². The molecule has 22 heavy (non-hydrogen) atoms. The SMILES string of the molecule is CCc1nc(Nc2ncc(C)s2)nc(N2CCN(C)CC2)n1. The van der Waals surface area contributed by atoms with Gasteiger partial charge in [0, 0.05) is 43.7 Å². The highest BCUT2D eigenvalue weighted by molar-refractivity contribution is 7.15. The number of anilines is 3. The Bertz CT molecular complexity index is 634. The molecule has 0 unspecified atom stereocenters. The first-order valence-electron chi connectivity index (χ1n) is 7.52. The molecule has 0 aliphatic carbocycles. The molecule has 0 saturated carbocycles. The Hall–Kier alpha value is -1.80. The Morgan fingerprint density at radius 2 is 1.95 bits per heavy atom. The summed E-state index contributed by atoms with van der Waals surface area (Å²) in [6.07, 6.45) is 2.63. The third kappa shape index (κ3) is 3.50. The van der Waals surface area contributed by atoms with Crippen LogP contribution in [0.1, 0.15) is 17.6 Å². The summed E-state index contributed by atoms with van der Waals surface area (Å²) in [7, 11) is 2.14. The molecule has 118 valence electrons. The predicted octanol–water partition coefficient (Wildman–Crippen LogP) is 1.69. The van der Waals surface area contributed by atoms with Gasteiger partial charge in [-0.3, -0.25) is 5.32 Å². The maximum Gasteiger partial charge on any atom is 0.234 e. The molecule has 0 bridgehead atoms. The summed E-state index contributed by atoms with van der Waals surface area (Å²) in [5, 5.41) is 4.01. The van der Waals surface area contributed by atoms with E-state index >= 15 is 0 Å². The maximum absolute atomic E-state index is 4.58. The van der Waals surface area contributed by atoms with E-state index in [4.69, 9.17) is 0 Å². The van der Waals surface area contributed by atoms with Gasteiger partial charge in [0.25, 0.3) is 0 Å². The van der Waals surface area contributed by atoms with Crippen LogP contribution in [0.25, 0.3) is 0 Å². The summed E-state index contributed by atoms with van der Waals surface area (Å²) >= 11 is 1.59. The van der Waals surface area contributed by atoms with Gasteiger partial charge in [0.05, 0.1) is 0 Å². The molecule has 0 aromatic carbocycles. The van der Waals surface area contributed by atoms with E-state index in [0.717, 1.165) is 54.4 Å². The molecule has 3 heterocycles. The fourth-order valence-electron chi connectivity index (χ4n) is 2.28. The summed E-state index contributed by atoms with van der Waals surface area (Å²) in [6.45, 7) is 8.03. The summed E-state index contributed by atoms with van der Waals surface area (Å²) in [4.78, 5) is 23.6. The van der Waals surface area contributed by atoms with Crippen LogP contribution >= 0.6 is 11.3 Å². The lowest BCUT2D eigenvalue weighted by Crippen LogP contribution is -2.45. The minimum Gasteiger partial charge on any atom is -0.338 e. The van der Waals surface area contributed by atoms with Crippen molar-refractivity contribution < 1.29 is 0 Å². The van der Waals surface area contributed by atoms with Crippen LogP contribution in [0.15, 0.2) is 6.20 Å². The fourth-order valence-corrected chi connectivity index (χ4v) is 2.94. The molecule has 1 aliphatic heterocycles. The number of hydrogen-bond acceptors (Lipinski definition) is 8. The van der Waals surface area contributed by atoms with Crippen LogP contribution in [0, 0.1) is 6.92 Å². The molecule has 8 heteroatoms. The van der Waals surface area contributed by atoms with Gasteiger partial charge in [-0.2, -0.15) is 15.0 Å². The highest BCUT2D eigenvalue weighted by atomic mass is 32.1. The number of likely N-dealkylation sites (N-methyl/N-ethyl adjacent to an activating group) is 1. The molecule has 1 fully saturated rings. The topological polar surface area (TPSA) is 70.1 Å². The zero-order valence-electron chi connectivity index (χ0n) is 13.2. The molecule has 2 aromatic rings. The lowest BCUT2D eigenvalue weighted by molar-refractivity contribution is 0.311. The third-order valence-corrected chi connectivity index (χ3v) is 4.44. The first-order valence-corrected chi connectivity index (χ1v) is 8.33. The smallest absolute Gasteiger partial charge is 0.234 e. The van der Waals surface area contributed by atoms with Gasteiger partial charge in [-0.25, -0.2) is 4.98 Å².